The van der Waals surface area contributed by atoms with Gasteiger partial charge in [-0.25, -0.2) is 0 Å². The summed E-state index contributed by atoms with van der Waals surface area (Å²) in [6.45, 7) is 3.85. The van der Waals surface area contributed by atoms with Crippen LogP contribution >= 0.6 is 0 Å². The van der Waals surface area contributed by atoms with Crippen LogP contribution in [0.4, 0.5) is 0 Å². The Kier molecular flexibility index (Phi) is 34.7. The predicted octanol–water partition coefficient (Wildman–Crippen LogP) is 0.478. The van der Waals surface area contributed by atoms with Crippen LogP contribution in [0.1, 0.15) is 26.7 Å². The van der Waals surface area contributed by atoms with Gasteiger partial charge in [0.2, 0.25) is 0 Å². The van der Waals surface area contributed by atoms with Crippen LogP contribution in [0.2, 0.25) is 0 Å². The van der Waals surface area contributed by atoms with Crippen molar-refractivity contribution in [2.75, 3.05) is 13.7 Å². The number of aliphatic hydroxyl groups excluding tert-OH is 2. The van der Waals surface area contributed by atoms with Crippen LogP contribution in [0.3, 0.4) is 0 Å². The van der Waals surface area contributed by atoms with Crippen LogP contribution in [0.15, 0.2) is 0 Å². The van der Waals surface area contributed by atoms with E-state index in [9.17, 15) is 4.79 Å². The van der Waals surface area contributed by atoms with Gasteiger partial charge in [0.15, 0.2) is 0 Å². The number of aliphatic carboxylic acids is 1. The van der Waals surface area contributed by atoms with Gasteiger partial charge in [0.1, 0.15) is 0 Å². The Hall–Kier alpha value is -0.610. The van der Waals surface area contributed by atoms with Gasteiger partial charge in [-0.2, -0.15) is 0 Å². The molecular formula is C7H18O4. The number of carboxylic acid groups (broad SMARTS) is 1. The van der Waals surface area contributed by atoms with E-state index >= 15 is 0 Å². The Morgan fingerprint density at radius 2 is 1.45 bits per heavy atom. The highest BCUT2D eigenvalue weighted by Gasteiger charge is 1.80. The van der Waals surface area contributed by atoms with E-state index in [4.69, 9.17) is 15.3 Å². The molecule has 0 aliphatic rings. The summed E-state index contributed by atoms with van der Waals surface area (Å²) >= 11 is 0. The number of aliphatic hydroxyl groups is 2. The van der Waals surface area contributed by atoms with Gasteiger partial charge in [-0.15, -0.1) is 0 Å². The van der Waals surface area contributed by atoms with Gasteiger partial charge in [-0.05, 0) is 6.42 Å². The lowest BCUT2D eigenvalue weighted by Crippen LogP contribution is -1.86. The predicted molar refractivity (Wildman–Crippen MR) is 43.4 cm³/mol. The molecule has 0 saturated carbocycles. The summed E-state index contributed by atoms with van der Waals surface area (Å²) in [5, 5.41) is 22.6. The zero-order valence-electron chi connectivity index (χ0n) is 7.37. The van der Waals surface area contributed by atoms with Crippen molar-refractivity contribution in [2.24, 2.45) is 0 Å². The van der Waals surface area contributed by atoms with Crippen LogP contribution in [-0.4, -0.2) is 35.0 Å². The van der Waals surface area contributed by atoms with E-state index in [1.54, 1.807) is 6.92 Å². The summed E-state index contributed by atoms with van der Waals surface area (Å²) in [5.74, 6) is -0.745. The fourth-order valence-electron chi connectivity index (χ4n) is 0. The highest BCUT2D eigenvalue weighted by Crippen LogP contribution is 1.67. The fourth-order valence-corrected chi connectivity index (χ4v) is 0. The zero-order chi connectivity index (χ0) is 9.70. The lowest BCUT2D eigenvalue weighted by Gasteiger charge is -1.71. The normalized spacial score (nSPS) is 6.64. The minimum atomic E-state index is -0.745. The zero-order valence-corrected chi connectivity index (χ0v) is 7.37. The second-order valence-corrected chi connectivity index (χ2v) is 1.47. The van der Waals surface area contributed by atoms with Crippen LogP contribution < -0.4 is 0 Å². The molecule has 0 spiro atoms. The largest absolute Gasteiger partial charge is 0.481 e. The molecule has 4 heteroatoms. The summed E-state index contributed by atoms with van der Waals surface area (Å²) in [7, 11) is 1.00. The van der Waals surface area contributed by atoms with Gasteiger partial charge < -0.3 is 15.3 Å². The van der Waals surface area contributed by atoms with Crippen molar-refractivity contribution < 1.29 is 20.1 Å². The number of carbonyl (C=O) groups is 1. The molecule has 0 aromatic heterocycles. The molecule has 0 saturated heterocycles. The molecule has 11 heavy (non-hydrogen) atoms. The van der Waals surface area contributed by atoms with Crippen LogP contribution in [0.5, 0.6) is 0 Å². The van der Waals surface area contributed by atoms with Crippen molar-refractivity contribution >= 4 is 5.97 Å². The highest BCUT2D eigenvalue weighted by molar-refractivity contribution is 5.66. The van der Waals surface area contributed by atoms with E-state index in [0.29, 0.717) is 6.61 Å². The second-order valence-electron chi connectivity index (χ2n) is 1.47. The molecule has 70 valence electrons. The maximum atomic E-state index is 9.37. The first-order chi connectivity index (χ1) is 5.18. The smallest absolute Gasteiger partial charge is 0.303 e. The summed E-state index contributed by atoms with van der Waals surface area (Å²) in [6, 6.07) is 0. The molecule has 0 atom stereocenters. The Labute approximate surface area is 67.5 Å². The van der Waals surface area contributed by atoms with Gasteiger partial charge >= 0.3 is 5.97 Å². The van der Waals surface area contributed by atoms with E-state index < -0.39 is 5.97 Å². The minimum Gasteiger partial charge on any atom is -0.481 e. The molecule has 0 aliphatic heterocycles. The van der Waals surface area contributed by atoms with Crippen molar-refractivity contribution in [2.45, 2.75) is 26.7 Å². The van der Waals surface area contributed by atoms with Crippen molar-refractivity contribution in [3.8, 4) is 0 Å². The summed E-state index contributed by atoms with van der Waals surface area (Å²) in [5.41, 5.74) is 0. The molecule has 0 bridgehead atoms. The molecule has 0 fully saturated rings. The highest BCUT2D eigenvalue weighted by atomic mass is 16.4. The number of hydrogen-bond acceptors (Lipinski definition) is 3. The van der Waals surface area contributed by atoms with Crippen LogP contribution in [0.25, 0.3) is 0 Å². The summed E-state index contributed by atoms with van der Waals surface area (Å²) in [4.78, 5) is 9.37. The lowest BCUT2D eigenvalue weighted by molar-refractivity contribution is -0.136. The maximum Gasteiger partial charge on any atom is 0.303 e. The third kappa shape index (κ3) is 89.8. The topological polar surface area (TPSA) is 77.8 Å². The maximum absolute atomic E-state index is 9.37. The Morgan fingerprint density at radius 1 is 1.27 bits per heavy atom. The minimum absolute atomic E-state index is 0.222. The van der Waals surface area contributed by atoms with E-state index in [-0.39, 0.29) is 6.42 Å². The summed E-state index contributed by atoms with van der Waals surface area (Å²) < 4.78 is 0. The molecule has 0 aliphatic carbocycles. The third-order valence-electron chi connectivity index (χ3n) is 0.526. The Bertz CT molecular complexity index is 61.5. The van der Waals surface area contributed by atoms with E-state index in [2.05, 4.69) is 0 Å². The summed E-state index contributed by atoms with van der Waals surface area (Å²) in [6.07, 6.45) is 1.10. The molecule has 0 aromatic rings. The molecule has 0 radical (unpaired) electrons. The molecule has 0 heterocycles. The first kappa shape index (κ1) is 16.8. The average Bonchev–Trinajstić information content (AvgIpc) is 2.08. The molecule has 0 aromatic carbocycles. The number of rotatable bonds is 2. The Balaban J connectivity index is -0.0000000965. The quantitative estimate of drug-likeness (QED) is 0.557. The van der Waals surface area contributed by atoms with E-state index in [1.807, 2.05) is 6.92 Å². The van der Waals surface area contributed by atoms with Gasteiger partial charge in [0.25, 0.3) is 0 Å². The van der Waals surface area contributed by atoms with Gasteiger partial charge in [0, 0.05) is 20.1 Å². The van der Waals surface area contributed by atoms with Crippen molar-refractivity contribution in [3.63, 3.8) is 0 Å². The monoisotopic (exact) mass is 166 g/mol. The number of carboxylic acids is 1. The fraction of sp³-hybridized carbons (Fsp3) is 0.857. The van der Waals surface area contributed by atoms with Crippen molar-refractivity contribution in [1.82, 2.24) is 0 Å². The van der Waals surface area contributed by atoms with Gasteiger partial charge in [0.05, 0.1) is 0 Å². The van der Waals surface area contributed by atoms with E-state index in [1.165, 1.54) is 0 Å². The second kappa shape index (κ2) is 22.8. The van der Waals surface area contributed by atoms with Crippen LogP contribution in [0, 0.1) is 0 Å². The van der Waals surface area contributed by atoms with Gasteiger partial charge in [-0.3, -0.25) is 4.79 Å². The first-order valence-electron chi connectivity index (χ1n) is 3.46. The Morgan fingerprint density at radius 3 is 1.45 bits per heavy atom. The van der Waals surface area contributed by atoms with Crippen molar-refractivity contribution in [1.29, 1.82) is 0 Å². The molecule has 0 amide bonds. The third-order valence-corrected chi connectivity index (χ3v) is 0.526. The average molecular weight is 166 g/mol. The molecule has 3 N–H and O–H groups in total. The SMILES string of the molecule is CCC(=O)O.CCCO.CO. The first-order valence-corrected chi connectivity index (χ1v) is 3.46. The molecule has 4 nitrogen and oxygen atoms in total. The van der Waals surface area contributed by atoms with Crippen molar-refractivity contribution in [3.05, 3.63) is 0 Å². The lowest BCUT2D eigenvalue weighted by atomic mass is 10.5. The molecule has 0 unspecified atom stereocenters. The standard InChI is InChI=1S/C3H6O2.C3H8O.CH4O/c1-2-3(4)5;1-2-3-4;1-2/h2H2,1H3,(H,4,5);4H,2-3H2,1H3;2H,1H3. The molecule has 0 rings (SSSR count). The van der Waals surface area contributed by atoms with E-state index in [0.717, 1.165) is 13.5 Å². The van der Waals surface area contributed by atoms with Gasteiger partial charge in [-0.1, -0.05) is 13.8 Å². The van der Waals surface area contributed by atoms with Crippen LogP contribution in [-0.2, 0) is 4.79 Å². The number of hydrogen-bond donors (Lipinski definition) is 3. The molecular weight excluding hydrogens is 148 g/mol.